The van der Waals surface area contributed by atoms with Crippen molar-refractivity contribution in [2.75, 3.05) is 4.67 Å². The molecule has 0 atom stereocenters. The summed E-state index contributed by atoms with van der Waals surface area (Å²) >= 11 is 12.3. The van der Waals surface area contributed by atoms with E-state index in [4.69, 9.17) is 22.5 Å². The molecule has 3 aromatic rings. The van der Waals surface area contributed by atoms with Crippen molar-refractivity contribution < 1.29 is 22.0 Å². The van der Waals surface area contributed by atoms with Crippen LogP contribution in [-0.2, 0) is 0 Å². The molecule has 0 unspecified atom stereocenters. The summed E-state index contributed by atoms with van der Waals surface area (Å²) in [7, 11) is 0. The molecule has 0 heterocycles. The van der Waals surface area contributed by atoms with Crippen LogP contribution in [-0.4, -0.2) is 0 Å². The van der Waals surface area contributed by atoms with E-state index in [0.717, 1.165) is 4.67 Å². The zero-order valence-electron chi connectivity index (χ0n) is 14.9. The molecule has 9 heteroatoms. The topological polar surface area (TPSA) is 3.24 Å². The van der Waals surface area contributed by atoms with Crippen LogP contribution in [0.1, 0.15) is 28.3 Å². The SMILES string of the molecule is Fc1c(F)c(F)c(N(C2c3ccccc3C=Cc3ccccc32)P(Cl)Cl)c(F)c1F. The minimum Gasteiger partial charge on any atom is -0.309 e. The standard InChI is InChI=1S/C21H11Cl2F5NP/c22-30(23)29(21-18(27)16(25)15(24)17(26)19(21)28)20-13-7-3-1-5-11(13)9-10-12-6-2-4-8-14(12)20/h1-10,20H. The maximum Gasteiger partial charge on any atom is 0.200 e. The highest BCUT2D eigenvalue weighted by atomic mass is 35.9. The normalized spacial score (nSPS) is 13.2. The third-order valence-corrected chi connectivity index (χ3v) is 6.58. The maximum absolute atomic E-state index is 14.7. The third kappa shape index (κ3) is 3.37. The summed E-state index contributed by atoms with van der Waals surface area (Å²) in [5.41, 5.74) is 1.32. The number of fused-ring (bicyclic) bond motifs is 2. The summed E-state index contributed by atoms with van der Waals surface area (Å²) in [5, 5.41) is 0. The van der Waals surface area contributed by atoms with E-state index in [1.807, 2.05) is 0 Å². The van der Waals surface area contributed by atoms with E-state index in [2.05, 4.69) is 0 Å². The predicted octanol–water partition coefficient (Wildman–Crippen LogP) is 8.17. The maximum atomic E-state index is 14.7. The molecule has 1 aliphatic rings. The van der Waals surface area contributed by atoms with Gasteiger partial charge in [-0.1, -0.05) is 83.2 Å². The molecule has 0 N–H and O–H groups in total. The molecule has 0 saturated heterocycles. The number of rotatable bonds is 3. The summed E-state index contributed by atoms with van der Waals surface area (Å²) in [6.07, 6.45) is 3.60. The summed E-state index contributed by atoms with van der Waals surface area (Å²) in [6, 6.07) is 12.9. The van der Waals surface area contributed by atoms with E-state index in [9.17, 15) is 22.0 Å². The minimum absolute atomic E-state index is 0.552. The van der Waals surface area contributed by atoms with Crippen molar-refractivity contribution in [1.82, 2.24) is 0 Å². The van der Waals surface area contributed by atoms with Gasteiger partial charge in [0, 0.05) is 0 Å². The fourth-order valence-corrected chi connectivity index (χ4v) is 5.25. The van der Waals surface area contributed by atoms with Crippen molar-refractivity contribution in [3.63, 3.8) is 0 Å². The van der Waals surface area contributed by atoms with Crippen LogP contribution in [0.2, 0.25) is 0 Å². The van der Waals surface area contributed by atoms with Gasteiger partial charge in [0.15, 0.2) is 30.0 Å². The van der Waals surface area contributed by atoms with E-state index in [0.29, 0.717) is 22.3 Å². The van der Waals surface area contributed by atoms with E-state index < -0.39 is 47.6 Å². The molecule has 154 valence electrons. The van der Waals surface area contributed by atoms with Gasteiger partial charge in [-0.15, -0.1) is 0 Å². The lowest BCUT2D eigenvalue weighted by Crippen LogP contribution is -2.26. The number of anilines is 1. The first kappa shape index (κ1) is 21.1. The molecule has 0 aliphatic heterocycles. The van der Waals surface area contributed by atoms with E-state index in [1.165, 1.54) is 0 Å². The van der Waals surface area contributed by atoms with Crippen LogP contribution < -0.4 is 4.67 Å². The van der Waals surface area contributed by atoms with E-state index in [1.54, 1.807) is 60.7 Å². The predicted molar refractivity (Wildman–Crippen MR) is 111 cm³/mol. The molecule has 0 bridgehead atoms. The van der Waals surface area contributed by atoms with Crippen LogP contribution >= 0.6 is 29.3 Å². The molecule has 0 spiro atoms. The Bertz CT molecular complexity index is 1090. The fraction of sp³-hybridized carbons (Fsp3) is 0.0476. The van der Waals surface area contributed by atoms with Crippen LogP contribution in [0.5, 0.6) is 0 Å². The quantitative estimate of drug-likeness (QED) is 0.160. The molecule has 0 saturated carbocycles. The van der Waals surface area contributed by atoms with Crippen molar-refractivity contribution in [2.24, 2.45) is 0 Å². The molecule has 1 aliphatic carbocycles. The second kappa shape index (κ2) is 8.18. The van der Waals surface area contributed by atoms with E-state index >= 15 is 0 Å². The smallest absolute Gasteiger partial charge is 0.200 e. The first-order valence-electron chi connectivity index (χ1n) is 8.61. The van der Waals surface area contributed by atoms with Gasteiger partial charge in [0.25, 0.3) is 0 Å². The van der Waals surface area contributed by atoms with Crippen molar-refractivity contribution in [2.45, 2.75) is 6.04 Å². The number of nitrogens with zero attached hydrogens (tertiary/aromatic N) is 1. The largest absolute Gasteiger partial charge is 0.309 e. The van der Waals surface area contributed by atoms with Crippen LogP contribution in [0, 0.1) is 29.1 Å². The Morgan fingerprint density at radius 1 is 0.633 bits per heavy atom. The van der Waals surface area contributed by atoms with Gasteiger partial charge < -0.3 is 4.67 Å². The first-order valence-corrected chi connectivity index (χ1v) is 11.7. The highest BCUT2D eigenvalue weighted by molar-refractivity contribution is 8.04. The van der Waals surface area contributed by atoms with Crippen molar-refractivity contribution in [3.8, 4) is 0 Å². The molecular formula is C21H11Cl2F5NP. The zero-order valence-corrected chi connectivity index (χ0v) is 17.3. The van der Waals surface area contributed by atoms with E-state index in [-0.39, 0.29) is 0 Å². The van der Waals surface area contributed by atoms with Crippen molar-refractivity contribution >= 4 is 47.1 Å². The Kier molecular flexibility index (Phi) is 5.75. The summed E-state index contributed by atoms with van der Waals surface area (Å²) in [6.45, 7) is -2.38. The van der Waals surface area contributed by atoms with Gasteiger partial charge in [-0.3, -0.25) is 0 Å². The van der Waals surface area contributed by atoms with Crippen LogP contribution in [0.3, 0.4) is 0 Å². The molecule has 4 rings (SSSR count). The van der Waals surface area contributed by atoms with Gasteiger partial charge in [-0.05, 0) is 22.3 Å². The number of halogens is 7. The van der Waals surface area contributed by atoms with Gasteiger partial charge >= 0.3 is 0 Å². The minimum atomic E-state index is -2.38. The Hall–Kier alpha value is -2.14. The van der Waals surface area contributed by atoms with Gasteiger partial charge in [-0.2, -0.15) is 0 Å². The Morgan fingerprint density at radius 3 is 1.47 bits per heavy atom. The van der Waals surface area contributed by atoms with Gasteiger partial charge in [-0.25, -0.2) is 22.0 Å². The lowest BCUT2D eigenvalue weighted by Gasteiger charge is -2.36. The fourth-order valence-electron chi connectivity index (χ4n) is 3.52. The molecule has 0 aromatic heterocycles. The molecular weight excluding hydrogens is 463 g/mol. The van der Waals surface area contributed by atoms with Gasteiger partial charge in [0.05, 0.1) is 6.04 Å². The van der Waals surface area contributed by atoms with Gasteiger partial charge in [0.1, 0.15) is 5.69 Å². The van der Waals surface area contributed by atoms with Crippen molar-refractivity contribution in [1.29, 1.82) is 0 Å². The summed E-state index contributed by atoms with van der Waals surface area (Å²) in [5.74, 6) is -10.4. The lowest BCUT2D eigenvalue weighted by molar-refractivity contribution is 0.379. The third-order valence-electron chi connectivity index (χ3n) is 4.85. The number of hydrogen-bond acceptors (Lipinski definition) is 1. The highest BCUT2D eigenvalue weighted by Gasteiger charge is 2.38. The summed E-state index contributed by atoms with van der Waals surface area (Å²) in [4.78, 5) is 0. The van der Waals surface area contributed by atoms with Crippen LogP contribution in [0.15, 0.2) is 48.5 Å². The second-order valence-corrected chi connectivity index (χ2v) is 9.77. The number of hydrogen-bond donors (Lipinski definition) is 0. The highest BCUT2D eigenvalue weighted by Crippen LogP contribution is 2.60. The average molecular weight is 474 g/mol. The zero-order chi connectivity index (χ0) is 21.6. The lowest BCUT2D eigenvalue weighted by atomic mass is 9.93. The first-order chi connectivity index (χ1) is 14.3. The average Bonchev–Trinajstić information content (AvgIpc) is 2.91. The Morgan fingerprint density at radius 2 is 1.03 bits per heavy atom. The molecule has 0 radical (unpaired) electrons. The molecule has 3 aromatic carbocycles. The van der Waals surface area contributed by atoms with Crippen LogP contribution in [0.25, 0.3) is 12.2 Å². The number of benzene rings is 3. The summed E-state index contributed by atoms with van der Waals surface area (Å²) < 4.78 is 71.9. The van der Waals surface area contributed by atoms with Gasteiger partial charge in [0.2, 0.25) is 5.82 Å². The Balaban J connectivity index is 2.06. The van der Waals surface area contributed by atoms with Crippen molar-refractivity contribution in [3.05, 3.63) is 99.9 Å². The molecule has 0 amide bonds. The Labute approximate surface area is 179 Å². The molecule has 1 nitrogen and oxygen atoms in total. The molecule has 0 fully saturated rings. The molecule has 30 heavy (non-hydrogen) atoms. The van der Waals surface area contributed by atoms with Crippen LogP contribution in [0.4, 0.5) is 27.6 Å². The second-order valence-electron chi connectivity index (χ2n) is 6.47. The monoisotopic (exact) mass is 473 g/mol.